The Morgan fingerprint density at radius 1 is 1.10 bits per heavy atom. The molecule has 1 saturated carbocycles. The molecule has 2 aromatic heterocycles. The summed E-state index contributed by atoms with van der Waals surface area (Å²) in [6.07, 6.45) is 3.43. The molecule has 3 aliphatic rings. The predicted octanol–water partition coefficient (Wildman–Crippen LogP) is 4.27. The molecular formula is C20H25F2N5OS. The van der Waals surface area contributed by atoms with Crippen molar-refractivity contribution in [3.63, 3.8) is 0 Å². The average Bonchev–Trinajstić information content (AvgIpc) is 3.28. The molecule has 0 radical (unpaired) electrons. The van der Waals surface area contributed by atoms with Gasteiger partial charge in [0, 0.05) is 49.1 Å². The molecule has 2 aliphatic heterocycles. The lowest BCUT2D eigenvalue weighted by molar-refractivity contribution is -0.0361. The minimum atomic E-state index is -2.54. The molecule has 2 aromatic rings. The van der Waals surface area contributed by atoms with Gasteiger partial charge in [0.15, 0.2) is 10.8 Å². The maximum absolute atomic E-state index is 13.5. The van der Waals surface area contributed by atoms with Crippen LogP contribution in [0.25, 0.3) is 10.8 Å². The summed E-state index contributed by atoms with van der Waals surface area (Å²) in [6.45, 7) is 3.59. The Bertz CT molecular complexity index is 870. The van der Waals surface area contributed by atoms with E-state index in [0.717, 1.165) is 42.5 Å². The average molecular weight is 422 g/mol. The van der Waals surface area contributed by atoms with Gasteiger partial charge in [0.05, 0.1) is 12.2 Å². The van der Waals surface area contributed by atoms with E-state index in [2.05, 4.69) is 20.2 Å². The number of anilines is 2. The van der Waals surface area contributed by atoms with E-state index in [4.69, 9.17) is 9.72 Å². The molecule has 0 spiro atoms. The molecule has 0 amide bonds. The van der Waals surface area contributed by atoms with E-state index in [0.29, 0.717) is 24.5 Å². The lowest BCUT2D eigenvalue weighted by Gasteiger charge is -2.33. The van der Waals surface area contributed by atoms with Gasteiger partial charge in [0.2, 0.25) is 5.92 Å². The zero-order valence-corrected chi connectivity index (χ0v) is 17.2. The minimum absolute atomic E-state index is 0.00382. The highest BCUT2D eigenvalue weighted by Gasteiger charge is 2.36. The van der Waals surface area contributed by atoms with Crippen molar-refractivity contribution in [2.75, 3.05) is 23.3 Å². The molecule has 2 atom stereocenters. The van der Waals surface area contributed by atoms with Crippen LogP contribution in [0.5, 0.6) is 0 Å². The molecule has 156 valence electrons. The fraction of sp³-hybridized carbons (Fsp3) is 0.650. The molecule has 4 heterocycles. The van der Waals surface area contributed by atoms with Crippen molar-refractivity contribution in [1.82, 2.24) is 15.0 Å². The number of rotatable bonds is 4. The molecule has 3 fully saturated rings. The molecule has 6 nitrogen and oxygen atoms in total. The number of alkyl halides is 2. The predicted molar refractivity (Wildman–Crippen MR) is 109 cm³/mol. The zero-order chi connectivity index (χ0) is 20.0. The quantitative estimate of drug-likeness (QED) is 0.796. The SMILES string of the molecule is Cc1csc(-c2nc(NC3CCC(F)(F)CC3)cc(N3CC4CCC(C3)O4)n2)n1. The Labute approximate surface area is 172 Å². The Hall–Kier alpha value is -1.87. The van der Waals surface area contributed by atoms with Crippen molar-refractivity contribution < 1.29 is 13.5 Å². The maximum atomic E-state index is 13.5. The van der Waals surface area contributed by atoms with E-state index in [9.17, 15) is 8.78 Å². The first-order valence-corrected chi connectivity index (χ1v) is 11.2. The lowest BCUT2D eigenvalue weighted by atomic mass is 9.92. The van der Waals surface area contributed by atoms with Crippen molar-refractivity contribution in [3.05, 3.63) is 17.1 Å². The fourth-order valence-corrected chi connectivity index (χ4v) is 5.15. The Kier molecular flexibility index (Phi) is 4.90. The largest absolute Gasteiger partial charge is 0.371 e. The monoisotopic (exact) mass is 421 g/mol. The summed E-state index contributed by atoms with van der Waals surface area (Å²) in [7, 11) is 0. The van der Waals surface area contributed by atoms with Crippen molar-refractivity contribution in [1.29, 1.82) is 0 Å². The molecule has 29 heavy (non-hydrogen) atoms. The van der Waals surface area contributed by atoms with E-state index >= 15 is 0 Å². The molecule has 0 aromatic carbocycles. The fourth-order valence-electron chi connectivity index (χ4n) is 4.42. The third-order valence-corrected chi connectivity index (χ3v) is 6.92. The Balaban J connectivity index is 1.42. The van der Waals surface area contributed by atoms with Gasteiger partial charge in [-0.25, -0.2) is 23.7 Å². The molecule has 2 unspecified atom stereocenters. The second-order valence-corrected chi connectivity index (χ2v) is 9.22. The summed E-state index contributed by atoms with van der Waals surface area (Å²) >= 11 is 1.52. The summed E-state index contributed by atoms with van der Waals surface area (Å²) in [5.41, 5.74) is 0.937. The molecule has 5 rings (SSSR count). The number of aromatic nitrogens is 3. The van der Waals surface area contributed by atoms with Crippen LogP contribution in [-0.2, 0) is 4.74 Å². The number of nitrogens with zero attached hydrogens (tertiary/aromatic N) is 4. The van der Waals surface area contributed by atoms with E-state index < -0.39 is 5.92 Å². The Morgan fingerprint density at radius 3 is 2.48 bits per heavy atom. The number of hydrogen-bond acceptors (Lipinski definition) is 7. The van der Waals surface area contributed by atoms with Crippen LogP contribution in [0.1, 0.15) is 44.2 Å². The standard InChI is InChI=1S/C20H25F2N5OS/c1-12-11-29-19(23-12)18-25-16(24-13-4-6-20(21,22)7-5-13)8-17(26-18)27-9-14-2-3-15(10-27)28-14/h8,11,13-15H,2-7,9-10H2,1H3,(H,24,25,26). The van der Waals surface area contributed by atoms with Crippen LogP contribution in [0.4, 0.5) is 20.4 Å². The number of fused-ring (bicyclic) bond motifs is 2. The van der Waals surface area contributed by atoms with Crippen molar-refractivity contribution in [3.8, 4) is 10.8 Å². The van der Waals surface area contributed by atoms with E-state index in [1.165, 1.54) is 11.3 Å². The van der Waals surface area contributed by atoms with Gasteiger partial charge in [0.25, 0.3) is 0 Å². The summed E-state index contributed by atoms with van der Waals surface area (Å²) < 4.78 is 33.0. The van der Waals surface area contributed by atoms with Gasteiger partial charge in [-0.15, -0.1) is 11.3 Å². The minimum Gasteiger partial charge on any atom is -0.371 e. The van der Waals surface area contributed by atoms with Crippen molar-refractivity contribution in [2.24, 2.45) is 0 Å². The number of aryl methyl sites for hydroxylation is 1. The molecule has 1 N–H and O–H groups in total. The number of ether oxygens (including phenoxy) is 1. The maximum Gasteiger partial charge on any atom is 0.248 e. The summed E-state index contributed by atoms with van der Waals surface area (Å²) in [5.74, 6) is -0.409. The first-order chi connectivity index (χ1) is 13.9. The first kappa shape index (κ1) is 19.1. The van der Waals surface area contributed by atoms with Gasteiger partial charge in [-0.05, 0) is 32.6 Å². The van der Waals surface area contributed by atoms with Crippen LogP contribution >= 0.6 is 11.3 Å². The summed E-state index contributed by atoms with van der Waals surface area (Å²) in [6, 6.07) is 1.95. The van der Waals surface area contributed by atoms with Gasteiger partial charge in [-0.1, -0.05) is 0 Å². The van der Waals surface area contributed by atoms with Gasteiger partial charge in [0.1, 0.15) is 11.6 Å². The second kappa shape index (κ2) is 7.43. The summed E-state index contributed by atoms with van der Waals surface area (Å²) in [5, 5.41) is 6.15. The Morgan fingerprint density at radius 2 is 1.83 bits per heavy atom. The zero-order valence-electron chi connectivity index (χ0n) is 16.4. The molecular weight excluding hydrogens is 396 g/mol. The second-order valence-electron chi connectivity index (χ2n) is 8.37. The lowest BCUT2D eigenvalue weighted by Crippen LogP contribution is -2.43. The number of hydrogen-bond donors (Lipinski definition) is 1. The highest BCUT2D eigenvalue weighted by Crippen LogP contribution is 2.35. The topological polar surface area (TPSA) is 63.2 Å². The van der Waals surface area contributed by atoms with Crippen LogP contribution in [0.3, 0.4) is 0 Å². The van der Waals surface area contributed by atoms with Gasteiger partial charge >= 0.3 is 0 Å². The van der Waals surface area contributed by atoms with Gasteiger partial charge in [-0.3, -0.25) is 0 Å². The normalized spacial score (nSPS) is 26.7. The smallest absolute Gasteiger partial charge is 0.248 e. The van der Waals surface area contributed by atoms with Gasteiger partial charge in [-0.2, -0.15) is 0 Å². The molecule has 9 heteroatoms. The highest BCUT2D eigenvalue weighted by atomic mass is 32.1. The van der Waals surface area contributed by atoms with E-state index in [-0.39, 0.29) is 31.1 Å². The van der Waals surface area contributed by atoms with Crippen LogP contribution < -0.4 is 10.2 Å². The number of nitrogens with one attached hydrogen (secondary N) is 1. The third kappa shape index (κ3) is 4.21. The number of thiazole rings is 1. The van der Waals surface area contributed by atoms with Crippen molar-refractivity contribution >= 4 is 23.0 Å². The first-order valence-electron chi connectivity index (χ1n) is 10.3. The van der Waals surface area contributed by atoms with Crippen molar-refractivity contribution in [2.45, 2.75) is 69.6 Å². The molecule has 1 aliphatic carbocycles. The highest BCUT2D eigenvalue weighted by molar-refractivity contribution is 7.13. The number of halogens is 2. The van der Waals surface area contributed by atoms with E-state index in [1.54, 1.807) is 0 Å². The molecule has 2 saturated heterocycles. The molecule has 2 bridgehead atoms. The van der Waals surface area contributed by atoms with Crippen LogP contribution in [0.15, 0.2) is 11.4 Å². The summed E-state index contributed by atoms with van der Waals surface area (Å²) in [4.78, 5) is 16.3. The van der Waals surface area contributed by atoms with Crippen LogP contribution in [-0.4, -0.2) is 52.2 Å². The number of morpholine rings is 1. The van der Waals surface area contributed by atoms with Crippen LogP contribution in [0.2, 0.25) is 0 Å². The van der Waals surface area contributed by atoms with Crippen LogP contribution in [0, 0.1) is 6.92 Å². The van der Waals surface area contributed by atoms with Gasteiger partial charge < -0.3 is 15.0 Å². The van der Waals surface area contributed by atoms with E-state index in [1.807, 2.05) is 18.4 Å². The third-order valence-electron chi connectivity index (χ3n) is 5.96.